The van der Waals surface area contributed by atoms with E-state index < -0.39 is 38.7 Å². The SMILES string of the molecule is Cc1cc(S(=O)(=O)N(OC(=O)C(F)(F)F)c2ccsn2)c(F)cc1N(C)[C@H]1CCN(Cc2ccccc2)C1. The molecule has 1 aromatic heterocycles. The molecular weight excluding hydrogens is 548 g/mol. The summed E-state index contributed by atoms with van der Waals surface area (Å²) >= 11 is 0.709. The molecule has 0 aliphatic carbocycles. The Labute approximate surface area is 221 Å². The molecule has 8 nitrogen and oxygen atoms in total. The fourth-order valence-electron chi connectivity index (χ4n) is 4.27. The van der Waals surface area contributed by atoms with Crippen LogP contribution in [0.2, 0.25) is 0 Å². The van der Waals surface area contributed by atoms with Crippen LogP contribution in [-0.2, 0) is 26.2 Å². The minimum atomic E-state index is -5.49. The van der Waals surface area contributed by atoms with Gasteiger partial charge < -0.3 is 9.74 Å². The molecule has 14 heteroatoms. The van der Waals surface area contributed by atoms with Crippen molar-refractivity contribution in [3.05, 3.63) is 70.9 Å². The Hall–Kier alpha value is -3.23. The summed E-state index contributed by atoms with van der Waals surface area (Å²) in [4.78, 5) is 18.8. The topological polar surface area (TPSA) is 83.0 Å². The van der Waals surface area contributed by atoms with Crippen molar-refractivity contribution in [2.24, 2.45) is 0 Å². The molecule has 1 aliphatic heterocycles. The van der Waals surface area contributed by atoms with Gasteiger partial charge in [-0.05, 0) is 54.2 Å². The number of likely N-dealkylation sites (N-methyl/N-ethyl adjacent to an activating group) is 1. The molecule has 2 heterocycles. The molecule has 38 heavy (non-hydrogen) atoms. The first kappa shape index (κ1) is 27.8. The Morgan fingerprint density at radius 3 is 2.55 bits per heavy atom. The van der Waals surface area contributed by atoms with Gasteiger partial charge >= 0.3 is 12.1 Å². The second kappa shape index (κ2) is 10.9. The average Bonchev–Trinajstić information content (AvgIpc) is 3.55. The highest BCUT2D eigenvalue weighted by molar-refractivity contribution is 7.92. The van der Waals surface area contributed by atoms with Crippen LogP contribution in [-0.4, -0.2) is 56.0 Å². The average molecular weight is 573 g/mol. The van der Waals surface area contributed by atoms with Gasteiger partial charge in [0.1, 0.15) is 10.7 Å². The van der Waals surface area contributed by atoms with Crippen LogP contribution in [0.15, 0.2) is 58.8 Å². The van der Waals surface area contributed by atoms with Crippen molar-refractivity contribution in [1.29, 1.82) is 0 Å². The number of nitrogens with zero attached hydrogens (tertiary/aromatic N) is 4. The van der Waals surface area contributed by atoms with Crippen molar-refractivity contribution in [2.45, 2.75) is 37.0 Å². The Morgan fingerprint density at radius 2 is 1.92 bits per heavy atom. The first-order valence-electron chi connectivity index (χ1n) is 11.4. The lowest BCUT2D eigenvalue weighted by atomic mass is 10.1. The Balaban J connectivity index is 1.57. The number of carbonyl (C=O) groups excluding carboxylic acids is 1. The van der Waals surface area contributed by atoms with Gasteiger partial charge in [0.25, 0.3) is 10.0 Å². The lowest BCUT2D eigenvalue weighted by Gasteiger charge is -2.29. The van der Waals surface area contributed by atoms with Gasteiger partial charge in [-0.3, -0.25) is 4.90 Å². The van der Waals surface area contributed by atoms with Crippen LogP contribution < -0.4 is 9.37 Å². The maximum Gasteiger partial charge on any atom is 0.493 e. The van der Waals surface area contributed by atoms with E-state index in [1.165, 1.54) is 10.9 Å². The van der Waals surface area contributed by atoms with E-state index in [1.54, 1.807) is 14.0 Å². The molecule has 1 atom stereocenters. The maximum absolute atomic E-state index is 15.3. The third-order valence-electron chi connectivity index (χ3n) is 6.18. The number of alkyl halides is 3. The number of hydrogen-bond donors (Lipinski definition) is 0. The summed E-state index contributed by atoms with van der Waals surface area (Å²) in [6, 6.07) is 13.0. The third kappa shape index (κ3) is 5.92. The van der Waals surface area contributed by atoms with Crippen LogP contribution in [0.1, 0.15) is 17.5 Å². The van der Waals surface area contributed by atoms with E-state index in [0.29, 0.717) is 29.3 Å². The molecule has 2 aromatic carbocycles. The largest absolute Gasteiger partial charge is 0.493 e. The number of hydrogen-bond acceptors (Lipinski definition) is 8. The molecule has 0 spiro atoms. The number of benzene rings is 2. The van der Waals surface area contributed by atoms with E-state index in [0.717, 1.165) is 37.7 Å². The Kier molecular flexibility index (Phi) is 7.95. The van der Waals surface area contributed by atoms with Crippen molar-refractivity contribution in [1.82, 2.24) is 9.27 Å². The molecule has 3 aromatic rings. The normalized spacial score (nSPS) is 16.4. The summed E-state index contributed by atoms with van der Waals surface area (Å²) in [6.07, 6.45) is -4.68. The standard InChI is InChI=1S/C24H24F4N4O4S2/c1-16-12-21(38(34,35)32(22-9-11-37-29-22)36-23(33)24(26,27)28)19(25)13-20(16)30(2)18-8-10-31(15-18)14-17-6-4-3-5-7-17/h3-7,9,11-13,18H,8,10,14-15H2,1-2H3/t18-/m0/s1. The first-order valence-corrected chi connectivity index (χ1v) is 13.7. The second-order valence-corrected chi connectivity index (χ2v) is 11.2. The van der Waals surface area contributed by atoms with Crippen LogP contribution in [0.25, 0.3) is 0 Å². The molecule has 0 saturated carbocycles. The summed E-state index contributed by atoms with van der Waals surface area (Å²) in [6.45, 7) is 3.86. The summed E-state index contributed by atoms with van der Waals surface area (Å²) < 4.78 is 83.5. The number of likely N-dealkylation sites (tertiary alicyclic amines) is 1. The van der Waals surface area contributed by atoms with Gasteiger partial charge in [-0.2, -0.15) is 26.0 Å². The summed E-state index contributed by atoms with van der Waals surface area (Å²) in [7, 11) is -3.33. The van der Waals surface area contributed by atoms with Crippen LogP contribution in [0.3, 0.4) is 0 Å². The molecular formula is C24H24F4N4O4S2. The lowest BCUT2D eigenvalue weighted by molar-refractivity contribution is -0.199. The zero-order valence-electron chi connectivity index (χ0n) is 20.4. The Morgan fingerprint density at radius 1 is 1.21 bits per heavy atom. The highest BCUT2D eigenvalue weighted by atomic mass is 32.2. The fourth-order valence-corrected chi connectivity index (χ4v) is 6.13. The molecule has 4 rings (SSSR count). The van der Waals surface area contributed by atoms with Crippen molar-refractivity contribution in [3.63, 3.8) is 0 Å². The quantitative estimate of drug-likeness (QED) is 0.290. The number of sulfonamides is 1. The minimum absolute atomic E-state index is 0.0264. The Bertz CT molecular complexity index is 1390. The van der Waals surface area contributed by atoms with Crippen molar-refractivity contribution >= 4 is 39.0 Å². The molecule has 0 unspecified atom stereocenters. The molecule has 0 bridgehead atoms. The van der Waals surface area contributed by atoms with Crippen LogP contribution >= 0.6 is 11.5 Å². The minimum Gasteiger partial charge on any atom is -0.370 e. The summed E-state index contributed by atoms with van der Waals surface area (Å²) in [5.41, 5.74) is 1.97. The van der Waals surface area contributed by atoms with E-state index >= 15 is 4.39 Å². The highest BCUT2D eigenvalue weighted by Gasteiger charge is 2.46. The zero-order chi connectivity index (χ0) is 27.7. The molecule has 1 fully saturated rings. The van der Waals surface area contributed by atoms with Crippen molar-refractivity contribution < 1.29 is 35.6 Å². The monoisotopic (exact) mass is 572 g/mol. The maximum atomic E-state index is 15.3. The number of halogens is 4. The van der Waals surface area contributed by atoms with Gasteiger partial charge in [0.15, 0.2) is 5.82 Å². The van der Waals surface area contributed by atoms with Gasteiger partial charge in [-0.25, -0.2) is 9.18 Å². The molecule has 0 amide bonds. The molecule has 0 radical (unpaired) electrons. The fraction of sp³-hybridized carbons (Fsp3) is 0.333. The molecule has 204 valence electrons. The van der Waals surface area contributed by atoms with Gasteiger partial charge in [0.05, 0.1) is 0 Å². The predicted octanol–water partition coefficient (Wildman–Crippen LogP) is 4.52. The van der Waals surface area contributed by atoms with Crippen molar-refractivity contribution in [3.8, 4) is 0 Å². The second-order valence-electron chi connectivity index (χ2n) is 8.81. The van der Waals surface area contributed by atoms with Crippen LogP contribution in [0, 0.1) is 12.7 Å². The molecule has 1 saturated heterocycles. The number of rotatable bonds is 8. The number of aromatic nitrogens is 1. The predicted molar refractivity (Wildman–Crippen MR) is 134 cm³/mol. The van der Waals surface area contributed by atoms with Crippen LogP contribution in [0.4, 0.5) is 29.1 Å². The summed E-state index contributed by atoms with van der Waals surface area (Å²) in [5.74, 6) is -4.61. The lowest BCUT2D eigenvalue weighted by Crippen LogP contribution is -2.39. The zero-order valence-corrected chi connectivity index (χ0v) is 22.0. The van der Waals surface area contributed by atoms with Gasteiger partial charge in [-0.15, -0.1) is 0 Å². The van der Waals surface area contributed by atoms with E-state index in [9.17, 15) is 26.4 Å². The van der Waals surface area contributed by atoms with Gasteiger partial charge in [-0.1, -0.05) is 34.8 Å². The van der Waals surface area contributed by atoms with Gasteiger partial charge in [0.2, 0.25) is 0 Å². The number of aryl methyl sites for hydroxylation is 1. The van der Waals surface area contributed by atoms with E-state index in [-0.39, 0.29) is 10.5 Å². The van der Waals surface area contributed by atoms with Crippen molar-refractivity contribution in [2.75, 3.05) is 29.5 Å². The van der Waals surface area contributed by atoms with E-state index in [2.05, 4.69) is 14.1 Å². The smallest absolute Gasteiger partial charge is 0.370 e. The number of anilines is 2. The summed E-state index contributed by atoms with van der Waals surface area (Å²) in [5, 5.41) is 1.27. The van der Waals surface area contributed by atoms with E-state index in [1.807, 2.05) is 35.2 Å². The first-order chi connectivity index (χ1) is 17.9. The molecule has 1 aliphatic rings. The molecule has 0 N–H and O–H groups in total. The van der Waals surface area contributed by atoms with Crippen LogP contribution in [0.5, 0.6) is 0 Å². The van der Waals surface area contributed by atoms with E-state index in [4.69, 9.17) is 0 Å². The number of carbonyl (C=O) groups is 1. The third-order valence-corrected chi connectivity index (χ3v) is 8.30. The van der Waals surface area contributed by atoms with Gasteiger partial charge in [0, 0.05) is 43.8 Å². The highest BCUT2D eigenvalue weighted by Crippen LogP contribution is 2.33.